The lowest BCUT2D eigenvalue weighted by Crippen LogP contribution is -2.29. The Morgan fingerprint density at radius 3 is 2.38 bits per heavy atom. The Balaban J connectivity index is 0.00000420. The first-order chi connectivity index (χ1) is 13.1. The summed E-state index contributed by atoms with van der Waals surface area (Å²) in [6, 6.07) is 9.12. The van der Waals surface area contributed by atoms with Crippen molar-refractivity contribution in [2.24, 2.45) is 5.92 Å². The number of carbonyl (C=O) groups is 2. The standard InChI is InChI=1S/C20H22F3N3O2.ClH/c1-12-7-8-14(9-17(12)26-18(27)13(2)11-24-3)19(28)25-16-6-4-5-15(10-16)20(21,22)23;/h4-10,13,24H,11H2,1-3H3,(H,25,28)(H,26,27);1H. The van der Waals surface area contributed by atoms with E-state index < -0.39 is 17.6 Å². The van der Waals surface area contributed by atoms with Gasteiger partial charge >= 0.3 is 6.18 Å². The molecule has 2 aromatic rings. The number of hydrogen-bond donors (Lipinski definition) is 3. The zero-order valence-corrected chi connectivity index (χ0v) is 17.0. The first-order valence-electron chi connectivity index (χ1n) is 8.66. The Labute approximate surface area is 173 Å². The van der Waals surface area contributed by atoms with Gasteiger partial charge in [-0.1, -0.05) is 19.1 Å². The van der Waals surface area contributed by atoms with Crippen molar-refractivity contribution in [1.82, 2.24) is 5.32 Å². The second-order valence-corrected chi connectivity index (χ2v) is 6.51. The molecule has 3 N–H and O–H groups in total. The van der Waals surface area contributed by atoms with E-state index >= 15 is 0 Å². The van der Waals surface area contributed by atoms with Gasteiger partial charge < -0.3 is 16.0 Å². The van der Waals surface area contributed by atoms with Gasteiger partial charge in [0.05, 0.1) is 5.56 Å². The first-order valence-corrected chi connectivity index (χ1v) is 8.66. The van der Waals surface area contributed by atoms with Gasteiger partial charge in [0.2, 0.25) is 5.91 Å². The van der Waals surface area contributed by atoms with Crippen molar-refractivity contribution in [1.29, 1.82) is 0 Å². The number of halogens is 4. The molecule has 29 heavy (non-hydrogen) atoms. The molecule has 0 saturated heterocycles. The van der Waals surface area contributed by atoms with Crippen LogP contribution in [0.2, 0.25) is 0 Å². The molecule has 0 radical (unpaired) electrons. The lowest BCUT2D eigenvalue weighted by molar-refractivity contribution is -0.137. The molecule has 9 heteroatoms. The van der Waals surface area contributed by atoms with Crippen LogP contribution in [0, 0.1) is 12.8 Å². The van der Waals surface area contributed by atoms with Gasteiger partial charge in [-0.15, -0.1) is 12.4 Å². The number of anilines is 2. The molecule has 0 aliphatic rings. The fraction of sp³-hybridized carbons (Fsp3) is 0.300. The van der Waals surface area contributed by atoms with E-state index in [4.69, 9.17) is 0 Å². The van der Waals surface area contributed by atoms with E-state index in [1.54, 1.807) is 33.0 Å². The smallest absolute Gasteiger partial charge is 0.326 e. The number of rotatable bonds is 6. The van der Waals surface area contributed by atoms with Crippen molar-refractivity contribution in [3.05, 3.63) is 59.2 Å². The number of carbonyl (C=O) groups excluding carboxylic acids is 2. The summed E-state index contributed by atoms with van der Waals surface area (Å²) in [4.78, 5) is 24.6. The molecule has 0 fully saturated rings. The summed E-state index contributed by atoms with van der Waals surface area (Å²) >= 11 is 0. The van der Waals surface area contributed by atoms with E-state index in [0.717, 1.165) is 17.7 Å². The molecule has 0 aliphatic heterocycles. The average molecular weight is 430 g/mol. The van der Waals surface area contributed by atoms with E-state index in [2.05, 4.69) is 16.0 Å². The van der Waals surface area contributed by atoms with Gasteiger partial charge in [0, 0.05) is 29.4 Å². The lowest BCUT2D eigenvalue weighted by atomic mass is 10.1. The molecule has 2 rings (SSSR count). The van der Waals surface area contributed by atoms with Crippen LogP contribution in [0.5, 0.6) is 0 Å². The van der Waals surface area contributed by atoms with E-state index in [1.165, 1.54) is 18.2 Å². The van der Waals surface area contributed by atoms with Crippen LogP contribution in [0.25, 0.3) is 0 Å². The van der Waals surface area contributed by atoms with E-state index in [9.17, 15) is 22.8 Å². The second kappa shape index (κ2) is 10.3. The topological polar surface area (TPSA) is 70.2 Å². The number of aryl methyl sites for hydroxylation is 1. The molecule has 0 heterocycles. The van der Waals surface area contributed by atoms with Crippen molar-refractivity contribution in [2.75, 3.05) is 24.2 Å². The predicted octanol–water partition coefficient (Wildman–Crippen LogP) is 4.48. The van der Waals surface area contributed by atoms with Gasteiger partial charge in [0.15, 0.2) is 0 Å². The van der Waals surface area contributed by atoms with Crippen molar-refractivity contribution in [3.8, 4) is 0 Å². The third-order valence-electron chi connectivity index (χ3n) is 4.16. The normalized spacial score (nSPS) is 11.9. The van der Waals surface area contributed by atoms with Crippen LogP contribution in [0.4, 0.5) is 24.5 Å². The number of amides is 2. The lowest BCUT2D eigenvalue weighted by Gasteiger charge is -2.15. The number of alkyl halides is 3. The van der Waals surface area contributed by atoms with E-state index in [-0.39, 0.29) is 35.5 Å². The maximum atomic E-state index is 12.8. The summed E-state index contributed by atoms with van der Waals surface area (Å²) in [5, 5.41) is 8.14. The van der Waals surface area contributed by atoms with Gasteiger partial charge in [0.1, 0.15) is 0 Å². The van der Waals surface area contributed by atoms with Gasteiger partial charge in [0.25, 0.3) is 5.91 Å². The Kier molecular flexibility index (Phi) is 8.66. The summed E-state index contributed by atoms with van der Waals surface area (Å²) < 4.78 is 38.4. The summed E-state index contributed by atoms with van der Waals surface area (Å²) in [5.41, 5.74) is 0.652. The van der Waals surface area contributed by atoms with Gasteiger partial charge in [-0.25, -0.2) is 0 Å². The first kappa shape index (κ1) is 24.5. The number of hydrogen-bond acceptors (Lipinski definition) is 3. The van der Waals surface area contributed by atoms with Crippen molar-refractivity contribution in [3.63, 3.8) is 0 Å². The summed E-state index contributed by atoms with van der Waals surface area (Å²) in [6.45, 7) is 4.05. The SMILES string of the molecule is CNCC(C)C(=O)Nc1cc(C(=O)Nc2cccc(C(F)(F)F)c2)ccc1C.Cl. The predicted molar refractivity (Wildman–Crippen MR) is 110 cm³/mol. The Morgan fingerprint density at radius 2 is 1.76 bits per heavy atom. The van der Waals surface area contributed by atoms with Crippen LogP contribution in [-0.2, 0) is 11.0 Å². The number of nitrogens with one attached hydrogen (secondary N) is 3. The van der Waals surface area contributed by atoms with Gasteiger partial charge in [-0.3, -0.25) is 9.59 Å². The minimum Gasteiger partial charge on any atom is -0.326 e. The highest BCUT2D eigenvalue weighted by Gasteiger charge is 2.30. The highest BCUT2D eigenvalue weighted by molar-refractivity contribution is 6.05. The van der Waals surface area contributed by atoms with Crippen LogP contribution in [0.15, 0.2) is 42.5 Å². The van der Waals surface area contributed by atoms with Crippen molar-refractivity contribution >= 4 is 35.6 Å². The van der Waals surface area contributed by atoms with E-state index in [1.807, 2.05) is 0 Å². The highest BCUT2D eigenvalue weighted by atomic mass is 35.5. The van der Waals surface area contributed by atoms with Crippen LogP contribution < -0.4 is 16.0 Å². The Morgan fingerprint density at radius 1 is 1.07 bits per heavy atom. The van der Waals surface area contributed by atoms with Crippen LogP contribution in [0.3, 0.4) is 0 Å². The van der Waals surface area contributed by atoms with Crippen LogP contribution in [-0.4, -0.2) is 25.4 Å². The molecular formula is C20H23ClF3N3O2. The minimum atomic E-state index is -4.49. The van der Waals surface area contributed by atoms with Gasteiger partial charge in [-0.2, -0.15) is 13.2 Å². The molecule has 158 valence electrons. The fourth-order valence-corrected chi connectivity index (χ4v) is 2.53. The fourth-order valence-electron chi connectivity index (χ4n) is 2.53. The molecule has 0 aliphatic carbocycles. The molecule has 0 bridgehead atoms. The van der Waals surface area contributed by atoms with Crippen molar-refractivity contribution < 1.29 is 22.8 Å². The van der Waals surface area contributed by atoms with Crippen LogP contribution in [0.1, 0.15) is 28.4 Å². The average Bonchev–Trinajstić information content (AvgIpc) is 2.63. The molecular weight excluding hydrogens is 407 g/mol. The van der Waals surface area contributed by atoms with Crippen LogP contribution >= 0.6 is 12.4 Å². The Hall–Kier alpha value is -2.58. The minimum absolute atomic E-state index is 0. The third kappa shape index (κ3) is 6.76. The molecule has 0 saturated carbocycles. The zero-order chi connectivity index (χ0) is 20.9. The molecule has 0 aromatic heterocycles. The molecule has 1 unspecified atom stereocenters. The quantitative estimate of drug-likeness (QED) is 0.634. The molecule has 0 spiro atoms. The molecule has 5 nitrogen and oxygen atoms in total. The Bertz CT molecular complexity index is 872. The van der Waals surface area contributed by atoms with Crippen molar-refractivity contribution in [2.45, 2.75) is 20.0 Å². The second-order valence-electron chi connectivity index (χ2n) is 6.51. The largest absolute Gasteiger partial charge is 0.416 e. The molecule has 2 amide bonds. The summed E-state index contributed by atoms with van der Waals surface area (Å²) in [6.07, 6.45) is -4.49. The maximum Gasteiger partial charge on any atom is 0.416 e. The van der Waals surface area contributed by atoms with E-state index in [0.29, 0.717) is 12.2 Å². The monoisotopic (exact) mass is 429 g/mol. The number of benzene rings is 2. The summed E-state index contributed by atoms with van der Waals surface area (Å²) in [5.74, 6) is -1.04. The summed E-state index contributed by atoms with van der Waals surface area (Å²) in [7, 11) is 1.74. The van der Waals surface area contributed by atoms with Gasteiger partial charge in [-0.05, 0) is 49.9 Å². The third-order valence-corrected chi connectivity index (χ3v) is 4.16. The zero-order valence-electron chi connectivity index (χ0n) is 16.2. The maximum absolute atomic E-state index is 12.8. The molecule has 1 atom stereocenters. The highest BCUT2D eigenvalue weighted by Crippen LogP contribution is 2.30. The molecule has 2 aromatic carbocycles.